The van der Waals surface area contributed by atoms with Gasteiger partial charge in [-0.3, -0.25) is 0 Å². The number of allylic oxidation sites excluding steroid dienone is 1. The number of hydrogen-bond acceptors (Lipinski definition) is 0. The smallest absolute Gasteiger partial charge is 0.0487 e. The molecule has 0 aliphatic rings. The van der Waals surface area contributed by atoms with Crippen LogP contribution >= 0.6 is 7.92 Å². The molecule has 2 nitrogen and oxygen atoms in total. The predicted octanol–water partition coefficient (Wildman–Crippen LogP) is 2.70. The molecular weight excluding hydrogens is 203 g/mol. The van der Waals surface area contributed by atoms with Gasteiger partial charge in [0.2, 0.25) is 0 Å². The van der Waals surface area contributed by atoms with E-state index in [-0.39, 0.29) is 0 Å². The van der Waals surface area contributed by atoms with Crippen LogP contribution in [-0.4, -0.2) is 9.97 Å². The van der Waals surface area contributed by atoms with E-state index in [9.17, 15) is 0 Å². The lowest BCUT2D eigenvalue weighted by Gasteiger charge is -2.16. The third-order valence-corrected chi connectivity index (χ3v) is 4.84. The molecule has 78 valence electrons. The van der Waals surface area contributed by atoms with Gasteiger partial charge < -0.3 is 9.97 Å². The van der Waals surface area contributed by atoms with Crippen molar-refractivity contribution < 1.29 is 0 Å². The van der Waals surface area contributed by atoms with Gasteiger partial charge in [0.25, 0.3) is 0 Å². The molecule has 0 radical (unpaired) electrons. The minimum atomic E-state index is -0.444. The molecule has 2 aromatic heterocycles. The van der Waals surface area contributed by atoms with Gasteiger partial charge in [0.15, 0.2) is 0 Å². The van der Waals surface area contributed by atoms with E-state index in [4.69, 9.17) is 0 Å². The SMILES string of the molecule is C=C(CC)P(c1ccc[nH]1)c1ccc[nH]1. The van der Waals surface area contributed by atoms with Crippen molar-refractivity contribution in [1.82, 2.24) is 9.97 Å². The first-order valence-electron chi connectivity index (χ1n) is 5.07. The van der Waals surface area contributed by atoms with Gasteiger partial charge in [-0.05, 0) is 36.0 Å². The average Bonchev–Trinajstić information content (AvgIpc) is 2.90. The van der Waals surface area contributed by atoms with Gasteiger partial charge in [-0.25, -0.2) is 0 Å². The summed E-state index contributed by atoms with van der Waals surface area (Å²) in [7, 11) is -0.444. The van der Waals surface area contributed by atoms with Crippen molar-refractivity contribution in [3.05, 3.63) is 48.6 Å². The summed E-state index contributed by atoms with van der Waals surface area (Å²) in [5.41, 5.74) is 2.53. The monoisotopic (exact) mass is 218 g/mol. The number of hydrogen-bond donors (Lipinski definition) is 2. The van der Waals surface area contributed by atoms with Crippen molar-refractivity contribution in [2.75, 3.05) is 0 Å². The van der Waals surface area contributed by atoms with E-state index < -0.39 is 7.92 Å². The van der Waals surface area contributed by atoms with Gasteiger partial charge in [0, 0.05) is 31.2 Å². The summed E-state index contributed by atoms with van der Waals surface area (Å²) in [5, 5.41) is 1.29. The topological polar surface area (TPSA) is 31.6 Å². The molecule has 0 aromatic carbocycles. The average molecular weight is 218 g/mol. The highest BCUT2D eigenvalue weighted by atomic mass is 31.1. The summed E-state index contributed by atoms with van der Waals surface area (Å²) in [6.07, 6.45) is 4.96. The zero-order chi connectivity index (χ0) is 10.7. The number of rotatable bonds is 4. The first kappa shape index (κ1) is 10.3. The molecule has 0 spiro atoms. The zero-order valence-electron chi connectivity index (χ0n) is 8.83. The minimum Gasteiger partial charge on any atom is -0.361 e. The molecular formula is C12H15N2P. The van der Waals surface area contributed by atoms with Gasteiger partial charge in [-0.15, -0.1) is 0 Å². The van der Waals surface area contributed by atoms with Crippen LogP contribution in [-0.2, 0) is 0 Å². The van der Waals surface area contributed by atoms with Crippen molar-refractivity contribution in [3.8, 4) is 0 Å². The molecule has 0 bridgehead atoms. The molecule has 0 saturated heterocycles. The van der Waals surface area contributed by atoms with Crippen LogP contribution in [0.4, 0.5) is 0 Å². The fourth-order valence-electron chi connectivity index (χ4n) is 1.55. The number of aromatic amines is 2. The Bertz CT molecular complexity index is 380. The number of H-pyrrole nitrogens is 2. The predicted molar refractivity (Wildman–Crippen MR) is 67.2 cm³/mol. The van der Waals surface area contributed by atoms with Crippen LogP contribution in [0.2, 0.25) is 0 Å². The van der Waals surface area contributed by atoms with E-state index in [0.717, 1.165) is 6.42 Å². The Balaban J connectivity index is 2.37. The summed E-state index contributed by atoms with van der Waals surface area (Å²) in [5.74, 6) is 0. The fourth-order valence-corrected chi connectivity index (χ4v) is 3.68. The molecule has 0 saturated carbocycles. The molecule has 2 N–H and O–H groups in total. The first-order valence-corrected chi connectivity index (χ1v) is 6.41. The van der Waals surface area contributed by atoms with Crippen LogP contribution in [0.1, 0.15) is 13.3 Å². The Morgan fingerprint density at radius 3 is 2.07 bits per heavy atom. The molecule has 0 aliphatic carbocycles. The van der Waals surface area contributed by atoms with Gasteiger partial charge in [-0.2, -0.15) is 0 Å². The second-order valence-electron chi connectivity index (χ2n) is 3.37. The highest BCUT2D eigenvalue weighted by Gasteiger charge is 2.17. The maximum Gasteiger partial charge on any atom is 0.0487 e. The van der Waals surface area contributed by atoms with E-state index in [2.05, 4.69) is 35.6 Å². The van der Waals surface area contributed by atoms with Crippen molar-refractivity contribution >= 4 is 18.8 Å². The highest BCUT2D eigenvalue weighted by Crippen LogP contribution is 2.41. The van der Waals surface area contributed by atoms with Crippen molar-refractivity contribution in [1.29, 1.82) is 0 Å². The number of nitrogens with one attached hydrogen (secondary N) is 2. The van der Waals surface area contributed by atoms with Crippen LogP contribution in [0.3, 0.4) is 0 Å². The summed E-state index contributed by atoms with van der Waals surface area (Å²) in [6.45, 7) is 6.33. The Kier molecular flexibility index (Phi) is 3.08. The van der Waals surface area contributed by atoms with Crippen LogP contribution in [0, 0.1) is 0 Å². The molecule has 2 rings (SSSR count). The second-order valence-corrected chi connectivity index (χ2v) is 5.63. The molecule has 0 atom stereocenters. The Labute approximate surface area is 91.2 Å². The first-order chi connectivity index (χ1) is 7.33. The minimum absolute atomic E-state index is 0.444. The number of aromatic nitrogens is 2. The van der Waals surface area contributed by atoms with Gasteiger partial charge in [0.05, 0.1) is 0 Å². The molecule has 15 heavy (non-hydrogen) atoms. The maximum absolute atomic E-state index is 4.17. The largest absolute Gasteiger partial charge is 0.361 e. The molecule has 0 fully saturated rings. The van der Waals surface area contributed by atoms with Crippen LogP contribution < -0.4 is 10.9 Å². The molecule has 0 unspecified atom stereocenters. The van der Waals surface area contributed by atoms with E-state index in [1.54, 1.807) is 0 Å². The highest BCUT2D eigenvalue weighted by molar-refractivity contribution is 7.76. The third kappa shape index (κ3) is 2.05. The lowest BCUT2D eigenvalue weighted by Crippen LogP contribution is -2.14. The Morgan fingerprint density at radius 1 is 1.20 bits per heavy atom. The molecule has 2 heterocycles. The second kappa shape index (κ2) is 4.50. The lowest BCUT2D eigenvalue weighted by atomic mass is 10.5. The normalized spacial score (nSPS) is 10.8. The molecule has 3 heteroatoms. The third-order valence-electron chi connectivity index (χ3n) is 2.37. The van der Waals surface area contributed by atoms with E-state index in [0.29, 0.717) is 0 Å². The van der Waals surface area contributed by atoms with Crippen molar-refractivity contribution in [2.24, 2.45) is 0 Å². The van der Waals surface area contributed by atoms with E-state index in [1.165, 1.54) is 16.2 Å². The van der Waals surface area contributed by atoms with Crippen LogP contribution in [0.15, 0.2) is 48.6 Å². The summed E-state index contributed by atoms with van der Waals surface area (Å²) in [6, 6.07) is 8.34. The Hall–Kier alpha value is -1.27. The van der Waals surface area contributed by atoms with Crippen molar-refractivity contribution in [2.45, 2.75) is 13.3 Å². The molecule has 0 aliphatic heterocycles. The maximum atomic E-state index is 4.17. The van der Waals surface area contributed by atoms with Crippen LogP contribution in [0.5, 0.6) is 0 Å². The van der Waals surface area contributed by atoms with Crippen LogP contribution in [0.25, 0.3) is 0 Å². The standard InChI is InChI=1S/C12H15N2P/c1-3-10(2)15(11-6-4-8-13-11)12-7-5-9-14-12/h4-9,13-14H,2-3H2,1H3. The van der Waals surface area contributed by atoms with Gasteiger partial charge in [-0.1, -0.05) is 13.5 Å². The lowest BCUT2D eigenvalue weighted by molar-refractivity contribution is 1.20. The van der Waals surface area contributed by atoms with Gasteiger partial charge in [0.1, 0.15) is 0 Å². The van der Waals surface area contributed by atoms with E-state index >= 15 is 0 Å². The summed E-state index contributed by atoms with van der Waals surface area (Å²) < 4.78 is 0. The van der Waals surface area contributed by atoms with Crippen molar-refractivity contribution in [3.63, 3.8) is 0 Å². The quantitative estimate of drug-likeness (QED) is 0.739. The van der Waals surface area contributed by atoms with Gasteiger partial charge >= 0.3 is 0 Å². The fraction of sp³-hybridized carbons (Fsp3) is 0.167. The Morgan fingerprint density at radius 2 is 1.73 bits per heavy atom. The summed E-state index contributed by atoms with van der Waals surface area (Å²) >= 11 is 0. The van der Waals surface area contributed by atoms with E-state index in [1.807, 2.05) is 24.5 Å². The molecule has 2 aromatic rings. The summed E-state index contributed by atoms with van der Waals surface area (Å²) in [4.78, 5) is 6.58. The molecule has 0 amide bonds. The zero-order valence-corrected chi connectivity index (χ0v) is 9.72.